The van der Waals surface area contributed by atoms with Gasteiger partial charge in [0.2, 0.25) is 5.91 Å². The van der Waals surface area contributed by atoms with Gasteiger partial charge in [0.05, 0.1) is 5.39 Å². The summed E-state index contributed by atoms with van der Waals surface area (Å²) in [5.74, 6) is 3.41. The minimum Gasteiger partial charge on any atom is -0.352 e. The number of aromatic nitrogens is 2. The van der Waals surface area contributed by atoms with E-state index in [0.717, 1.165) is 67.8 Å². The Morgan fingerprint density at radius 1 is 1.03 bits per heavy atom. The minimum atomic E-state index is 0.272. The van der Waals surface area contributed by atoms with Gasteiger partial charge in [-0.1, -0.05) is 26.2 Å². The minimum absolute atomic E-state index is 0.272. The van der Waals surface area contributed by atoms with Crippen LogP contribution in [0.2, 0.25) is 0 Å². The molecule has 6 heteroatoms. The van der Waals surface area contributed by atoms with E-state index < -0.39 is 0 Å². The second-order valence-electron chi connectivity index (χ2n) is 9.27. The van der Waals surface area contributed by atoms with Crippen molar-refractivity contribution >= 4 is 33.3 Å². The highest BCUT2D eigenvalue weighted by Crippen LogP contribution is 2.41. The summed E-state index contributed by atoms with van der Waals surface area (Å²) in [5.41, 5.74) is 1.50. The van der Waals surface area contributed by atoms with E-state index in [1.54, 1.807) is 0 Å². The molecule has 5 nitrogen and oxygen atoms in total. The van der Waals surface area contributed by atoms with Gasteiger partial charge in [-0.05, 0) is 50.5 Å². The molecule has 29 heavy (non-hydrogen) atoms. The molecule has 1 saturated heterocycles. The van der Waals surface area contributed by atoms with Crippen LogP contribution in [0, 0.1) is 18.8 Å². The molecule has 2 aliphatic carbocycles. The van der Waals surface area contributed by atoms with Crippen molar-refractivity contribution in [2.45, 2.75) is 65.2 Å². The Balaban J connectivity index is 1.37. The van der Waals surface area contributed by atoms with Crippen molar-refractivity contribution in [3.05, 3.63) is 16.3 Å². The molecule has 0 aromatic carbocycles. The normalized spacial score (nSPS) is 23.4. The lowest BCUT2D eigenvalue weighted by atomic mass is 9.88. The molecule has 0 spiro atoms. The molecule has 1 atom stereocenters. The highest BCUT2D eigenvalue weighted by Gasteiger charge is 2.31. The van der Waals surface area contributed by atoms with Gasteiger partial charge in [0.15, 0.2) is 0 Å². The van der Waals surface area contributed by atoms with Gasteiger partial charge < -0.3 is 9.80 Å². The van der Waals surface area contributed by atoms with E-state index in [1.807, 2.05) is 18.3 Å². The number of anilines is 1. The summed E-state index contributed by atoms with van der Waals surface area (Å²) in [6.07, 6.45) is 9.50. The van der Waals surface area contributed by atoms with Crippen molar-refractivity contribution in [1.82, 2.24) is 14.9 Å². The Kier molecular flexibility index (Phi) is 5.23. The lowest BCUT2D eigenvalue weighted by Gasteiger charge is -2.38. The van der Waals surface area contributed by atoms with Crippen LogP contribution in [0.4, 0.5) is 5.82 Å². The van der Waals surface area contributed by atoms with Crippen molar-refractivity contribution in [1.29, 1.82) is 0 Å². The average Bonchev–Trinajstić information content (AvgIpc) is 3.10. The van der Waals surface area contributed by atoms with Crippen molar-refractivity contribution < 1.29 is 4.79 Å². The maximum Gasteiger partial charge on any atom is 0.225 e. The van der Waals surface area contributed by atoms with Crippen molar-refractivity contribution in [2.75, 3.05) is 31.1 Å². The van der Waals surface area contributed by atoms with Crippen LogP contribution in [-0.4, -0.2) is 47.0 Å². The summed E-state index contributed by atoms with van der Waals surface area (Å²) in [6.45, 7) is 7.77. The molecular weight excluding hydrogens is 380 g/mol. The molecule has 3 heterocycles. The van der Waals surface area contributed by atoms with E-state index in [2.05, 4.69) is 16.7 Å². The van der Waals surface area contributed by atoms with E-state index in [-0.39, 0.29) is 5.92 Å². The molecule has 2 fully saturated rings. The topological polar surface area (TPSA) is 49.3 Å². The Morgan fingerprint density at radius 2 is 1.79 bits per heavy atom. The Hall–Kier alpha value is -1.69. The Labute approximate surface area is 177 Å². The van der Waals surface area contributed by atoms with Gasteiger partial charge in [0.25, 0.3) is 0 Å². The van der Waals surface area contributed by atoms with Crippen LogP contribution in [0.1, 0.15) is 61.7 Å². The number of carbonyl (C=O) groups excluding carboxylic acids is 1. The molecule has 5 rings (SSSR count). The third kappa shape index (κ3) is 3.65. The van der Waals surface area contributed by atoms with Gasteiger partial charge in [-0.25, -0.2) is 9.97 Å². The van der Waals surface area contributed by atoms with Crippen LogP contribution in [0.5, 0.6) is 0 Å². The standard InChI is InChI=1S/C23H32N4OS/c1-15-8-9-18-19(14-15)29-22-20(18)21(24-16(2)25-22)26-10-12-27(13-11-26)23(28)17-6-4-3-5-7-17/h15,17H,3-14H2,1-2H3/t15-/m0/s1. The molecule has 2 aromatic rings. The number of amides is 1. The molecule has 0 bridgehead atoms. The van der Waals surface area contributed by atoms with Gasteiger partial charge in [0.1, 0.15) is 16.5 Å². The summed E-state index contributed by atoms with van der Waals surface area (Å²) in [6, 6.07) is 0. The first-order valence-electron chi connectivity index (χ1n) is 11.4. The molecule has 0 N–H and O–H groups in total. The van der Waals surface area contributed by atoms with E-state index >= 15 is 0 Å². The molecule has 1 amide bonds. The van der Waals surface area contributed by atoms with E-state index in [1.165, 1.54) is 47.9 Å². The fraction of sp³-hybridized carbons (Fsp3) is 0.696. The van der Waals surface area contributed by atoms with E-state index in [4.69, 9.17) is 9.97 Å². The number of nitrogens with zero attached hydrogens (tertiary/aromatic N) is 4. The first-order chi connectivity index (χ1) is 14.1. The number of fused-ring (bicyclic) bond motifs is 3. The van der Waals surface area contributed by atoms with Gasteiger partial charge in [-0.15, -0.1) is 11.3 Å². The summed E-state index contributed by atoms with van der Waals surface area (Å²) in [4.78, 5) is 29.8. The predicted molar refractivity (Wildman–Crippen MR) is 119 cm³/mol. The number of rotatable bonds is 2. The zero-order valence-electron chi connectivity index (χ0n) is 17.7. The summed E-state index contributed by atoms with van der Waals surface area (Å²) >= 11 is 1.88. The van der Waals surface area contributed by atoms with E-state index in [0.29, 0.717) is 5.91 Å². The third-order valence-corrected chi connectivity index (χ3v) is 8.24. The smallest absolute Gasteiger partial charge is 0.225 e. The molecular formula is C23H32N4OS. The van der Waals surface area contributed by atoms with Crippen LogP contribution in [0.15, 0.2) is 0 Å². The molecule has 156 valence electrons. The maximum absolute atomic E-state index is 12.9. The molecule has 2 aromatic heterocycles. The van der Waals surface area contributed by atoms with Crippen molar-refractivity contribution in [2.24, 2.45) is 11.8 Å². The lowest BCUT2D eigenvalue weighted by Crippen LogP contribution is -2.51. The molecule has 3 aliphatic rings. The first-order valence-corrected chi connectivity index (χ1v) is 12.2. The van der Waals surface area contributed by atoms with Crippen LogP contribution in [0.3, 0.4) is 0 Å². The van der Waals surface area contributed by atoms with Crippen molar-refractivity contribution in [3.63, 3.8) is 0 Å². The van der Waals surface area contributed by atoms with Gasteiger partial charge in [-0.3, -0.25) is 4.79 Å². The van der Waals surface area contributed by atoms with Crippen LogP contribution in [0.25, 0.3) is 10.2 Å². The number of thiophene rings is 1. The Morgan fingerprint density at radius 3 is 2.55 bits per heavy atom. The zero-order valence-corrected chi connectivity index (χ0v) is 18.6. The summed E-state index contributed by atoms with van der Waals surface area (Å²) in [5, 5.41) is 1.30. The van der Waals surface area contributed by atoms with Crippen LogP contribution >= 0.6 is 11.3 Å². The number of aryl methyl sites for hydroxylation is 2. The number of hydrogen-bond acceptors (Lipinski definition) is 5. The maximum atomic E-state index is 12.9. The lowest BCUT2D eigenvalue weighted by molar-refractivity contribution is -0.136. The summed E-state index contributed by atoms with van der Waals surface area (Å²) < 4.78 is 0. The highest BCUT2D eigenvalue weighted by molar-refractivity contribution is 7.19. The van der Waals surface area contributed by atoms with Gasteiger partial charge >= 0.3 is 0 Å². The second-order valence-corrected chi connectivity index (χ2v) is 10.4. The zero-order chi connectivity index (χ0) is 20.0. The SMILES string of the molecule is Cc1nc(N2CCN(C(=O)C3CCCCC3)CC2)c2c3c(sc2n1)C[C@@H](C)CC3. The Bertz CT molecular complexity index is 909. The molecule has 1 aliphatic heterocycles. The fourth-order valence-electron chi connectivity index (χ4n) is 5.40. The average molecular weight is 413 g/mol. The number of carbonyl (C=O) groups is 1. The van der Waals surface area contributed by atoms with E-state index in [9.17, 15) is 4.79 Å². The number of piperazine rings is 1. The quantitative estimate of drug-likeness (QED) is 0.736. The van der Waals surface area contributed by atoms with Crippen LogP contribution < -0.4 is 4.90 Å². The molecule has 1 saturated carbocycles. The van der Waals surface area contributed by atoms with Gasteiger partial charge in [-0.2, -0.15) is 0 Å². The van der Waals surface area contributed by atoms with Crippen molar-refractivity contribution in [3.8, 4) is 0 Å². The molecule has 0 unspecified atom stereocenters. The van der Waals surface area contributed by atoms with Crippen LogP contribution in [-0.2, 0) is 17.6 Å². The number of hydrogen-bond donors (Lipinski definition) is 0. The largest absolute Gasteiger partial charge is 0.352 e. The predicted octanol–water partition coefficient (Wildman–Crippen LogP) is 4.35. The summed E-state index contributed by atoms with van der Waals surface area (Å²) in [7, 11) is 0. The highest BCUT2D eigenvalue weighted by atomic mass is 32.1. The molecule has 0 radical (unpaired) electrons. The third-order valence-electron chi connectivity index (χ3n) is 7.09. The van der Waals surface area contributed by atoms with Gasteiger partial charge in [0, 0.05) is 37.0 Å². The fourth-order valence-corrected chi connectivity index (χ4v) is 6.82. The second kappa shape index (κ2) is 7.86. The first kappa shape index (κ1) is 19.3. The monoisotopic (exact) mass is 412 g/mol.